The third kappa shape index (κ3) is 4.51. The second kappa shape index (κ2) is 8.60. The molecule has 0 bridgehead atoms. The molecule has 0 spiro atoms. The topological polar surface area (TPSA) is 110 Å². The fourth-order valence-corrected chi connectivity index (χ4v) is 3.13. The second-order valence-corrected chi connectivity index (χ2v) is 7.14. The van der Waals surface area contributed by atoms with Crippen LogP contribution in [-0.4, -0.2) is 54.4 Å². The summed E-state index contributed by atoms with van der Waals surface area (Å²) in [6.45, 7) is 7.08. The molecule has 8 heteroatoms. The molecular weight excluding hydrogens is 354 g/mol. The van der Waals surface area contributed by atoms with Crippen LogP contribution in [0, 0.1) is 11.3 Å². The highest BCUT2D eigenvalue weighted by atomic mass is 16.1. The van der Waals surface area contributed by atoms with Crippen molar-refractivity contribution < 1.29 is 4.79 Å². The number of nitrogens with two attached hydrogens (primary N) is 1. The van der Waals surface area contributed by atoms with Crippen LogP contribution in [0.1, 0.15) is 13.8 Å². The van der Waals surface area contributed by atoms with Crippen molar-refractivity contribution >= 4 is 18.5 Å². The number of aliphatic imine (C=N–C) groups is 1. The van der Waals surface area contributed by atoms with Crippen LogP contribution in [0.3, 0.4) is 0 Å². The fraction of sp³-hybridized carbons (Fsp3) is 0.350. The van der Waals surface area contributed by atoms with Crippen LogP contribution in [0.25, 0.3) is 0 Å². The van der Waals surface area contributed by atoms with Gasteiger partial charge in [-0.3, -0.25) is 4.79 Å². The predicted molar refractivity (Wildman–Crippen MR) is 111 cm³/mol. The average Bonchev–Trinajstić information content (AvgIpc) is 2.71. The van der Waals surface area contributed by atoms with E-state index < -0.39 is 0 Å². The van der Waals surface area contributed by atoms with Crippen LogP contribution >= 0.6 is 0 Å². The molecule has 3 rings (SSSR count). The fourth-order valence-electron chi connectivity index (χ4n) is 3.13. The smallest absolute Gasteiger partial charge is 0.209 e. The van der Waals surface area contributed by atoms with Crippen molar-refractivity contribution in [1.29, 1.82) is 5.41 Å². The molecule has 28 heavy (non-hydrogen) atoms. The summed E-state index contributed by atoms with van der Waals surface area (Å²) >= 11 is 0. The number of hydrogen-bond donors (Lipinski definition) is 4. The predicted octanol–water partition coefficient (Wildman–Crippen LogP) is 1.01. The van der Waals surface area contributed by atoms with Crippen molar-refractivity contribution in [2.75, 3.05) is 26.2 Å². The first kappa shape index (κ1) is 19.5. The molecule has 3 heterocycles. The third-order valence-electron chi connectivity index (χ3n) is 4.85. The average molecular weight is 381 g/mol. The Labute approximate surface area is 165 Å². The van der Waals surface area contributed by atoms with Crippen molar-refractivity contribution in [3.8, 4) is 0 Å². The molecule has 0 radical (unpaired) electrons. The highest BCUT2D eigenvalue weighted by Crippen LogP contribution is 2.22. The SMILES string of the molecule is CC(C)C(C=N)=CC(N)=NC1=CC=C2NC=C(N3CCN(C=O)CC3)C=C2N1. The van der Waals surface area contributed by atoms with E-state index in [0.29, 0.717) is 11.7 Å². The van der Waals surface area contributed by atoms with Gasteiger partial charge in [0.25, 0.3) is 0 Å². The molecule has 0 saturated carbocycles. The Morgan fingerprint density at radius 1 is 1.25 bits per heavy atom. The molecule has 0 aliphatic carbocycles. The van der Waals surface area contributed by atoms with E-state index in [0.717, 1.165) is 55.3 Å². The van der Waals surface area contributed by atoms with Gasteiger partial charge in [-0.1, -0.05) is 13.8 Å². The summed E-state index contributed by atoms with van der Waals surface area (Å²) in [6.07, 6.45) is 11.8. The van der Waals surface area contributed by atoms with E-state index >= 15 is 0 Å². The van der Waals surface area contributed by atoms with Gasteiger partial charge in [0.15, 0.2) is 0 Å². The molecule has 3 aliphatic rings. The van der Waals surface area contributed by atoms with Gasteiger partial charge in [-0.25, -0.2) is 4.99 Å². The first-order valence-electron chi connectivity index (χ1n) is 9.38. The van der Waals surface area contributed by atoms with Gasteiger partial charge in [-0.05, 0) is 35.8 Å². The van der Waals surface area contributed by atoms with Gasteiger partial charge in [0.05, 0.1) is 17.1 Å². The van der Waals surface area contributed by atoms with Gasteiger partial charge < -0.3 is 31.6 Å². The Hall–Kier alpha value is -3.29. The molecule has 8 nitrogen and oxygen atoms in total. The van der Waals surface area contributed by atoms with E-state index in [2.05, 4.69) is 26.6 Å². The lowest BCUT2D eigenvalue weighted by Gasteiger charge is -2.36. The lowest BCUT2D eigenvalue weighted by atomic mass is 10.0. The van der Waals surface area contributed by atoms with Crippen molar-refractivity contribution in [2.24, 2.45) is 16.6 Å². The van der Waals surface area contributed by atoms with E-state index in [1.165, 1.54) is 6.21 Å². The lowest BCUT2D eigenvalue weighted by molar-refractivity contribution is -0.119. The molecule has 0 aromatic rings. The summed E-state index contributed by atoms with van der Waals surface area (Å²) in [4.78, 5) is 19.3. The van der Waals surface area contributed by atoms with E-state index in [1.807, 2.05) is 32.2 Å². The Kier molecular flexibility index (Phi) is 5.98. The van der Waals surface area contributed by atoms with Crippen LogP contribution in [-0.2, 0) is 4.79 Å². The van der Waals surface area contributed by atoms with Gasteiger partial charge in [-0.2, -0.15) is 0 Å². The summed E-state index contributed by atoms with van der Waals surface area (Å²) in [6, 6.07) is 0. The molecule has 0 aromatic heterocycles. The van der Waals surface area contributed by atoms with Gasteiger partial charge in [-0.15, -0.1) is 0 Å². The molecule has 1 saturated heterocycles. The highest BCUT2D eigenvalue weighted by molar-refractivity contribution is 5.97. The minimum Gasteiger partial charge on any atom is -0.384 e. The molecule has 0 aromatic carbocycles. The molecular formula is C20H27N7O. The quantitative estimate of drug-likeness (QED) is 0.312. The Balaban J connectivity index is 1.71. The summed E-state index contributed by atoms with van der Waals surface area (Å²) in [5.41, 5.74) is 9.81. The number of fused-ring (bicyclic) bond motifs is 1. The Morgan fingerprint density at radius 3 is 2.64 bits per heavy atom. The van der Waals surface area contributed by atoms with E-state index in [1.54, 1.807) is 11.0 Å². The number of nitrogens with one attached hydrogen (secondary N) is 3. The number of carbonyl (C=O) groups is 1. The minimum absolute atomic E-state index is 0.212. The number of hydrogen-bond acceptors (Lipinski definition) is 6. The summed E-state index contributed by atoms with van der Waals surface area (Å²) in [7, 11) is 0. The van der Waals surface area contributed by atoms with Gasteiger partial charge >= 0.3 is 0 Å². The molecule has 148 valence electrons. The maximum atomic E-state index is 10.9. The van der Waals surface area contributed by atoms with Crippen molar-refractivity contribution in [3.63, 3.8) is 0 Å². The van der Waals surface area contributed by atoms with E-state index in [9.17, 15) is 4.79 Å². The van der Waals surface area contributed by atoms with Crippen LogP contribution in [0.15, 0.2) is 64.0 Å². The minimum atomic E-state index is 0.212. The number of amidine groups is 1. The van der Waals surface area contributed by atoms with E-state index in [4.69, 9.17) is 11.1 Å². The molecule has 3 aliphatic heterocycles. The number of piperazine rings is 1. The maximum absolute atomic E-state index is 10.9. The summed E-state index contributed by atoms with van der Waals surface area (Å²) in [5, 5.41) is 14.1. The number of allylic oxidation sites excluding steroid dienone is 4. The third-order valence-corrected chi connectivity index (χ3v) is 4.85. The number of carbonyl (C=O) groups excluding carboxylic acids is 1. The number of amides is 1. The van der Waals surface area contributed by atoms with Crippen LogP contribution in [0.2, 0.25) is 0 Å². The van der Waals surface area contributed by atoms with E-state index in [-0.39, 0.29) is 5.92 Å². The van der Waals surface area contributed by atoms with Crippen molar-refractivity contribution in [2.45, 2.75) is 13.8 Å². The van der Waals surface area contributed by atoms with Crippen LogP contribution in [0.4, 0.5) is 0 Å². The second-order valence-electron chi connectivity index (χ2n) is 7.14. The molecule has 1 amide bonds. The Bertz CT molecular complexity index is 821. The first-order chi connectivity index (χ1) is 13.5. The molecule has 1 fully saturated rings. The number of rotatable bonds is 6. The lowest BCUT2D eigenvalue weighted by Crippen LogP contribution is -2.45. The van der Waals surface area contributed by atoms with Gasteiger partial charge in [0.1, 0.15) is 11.7 Å². The molecule has 0 atom stereocenters. The highest BCUT2D eigenvalue weighted by Gasteiger charge is 2.21. The normalized spacial score (nSPS) is 20.2. The summed E-state index contributed by atoms with van der Waals surface area (Å²) < 4.78 is 0. The van der Waals surface area contributed by atoms with Gasteiger partial charge in [0.2, 0.25) is 6.41 Å². The largest absolute Gasteiger partial charge is 0.384 e. The molecule has 5 N–H and O–H groups in total. The van der Waals surface area contributed by atoms with Crippen LogP contribution in [0.5, 0.6) is 0 Å². The van der Waals surface area contributed by atoms with Crippen molar-refractivity contribution in [3.05, 3.63) is 59.0 Å². The van der Waals surface area contributed by atoms with Crippen LogP contribution < -0.4 is 16.4 Å². The monoisotopic (exact) mass is 381 g/mol. The molecule has 0 unspecified atom stereocenters. The maximum Gasteiger partial charge on any atom is 0.209 e. The zero-order valence-corrected chi connectivity index (χ0v) is 16.3. The number of nitrogens with zero attached hydrogens (tertiary/aromatic N) is 3. The number of dihydropyridines is 2. The zero-order chi connectivity index (χ0) is 20.1. The zero-order valence-electron chi connectivity index (χ0n) is 16.3. The summed E-state index contributed by atoms with van der Waals surface area (Å²) in [5.74, 6) is 1.21. The van der Waals surface area contributed by atoms with Gasteiger partial charge in [0, 0.05) is 38.6 Å². The standard InChI is InChI=1S/C20H27N7O/c1-14(2)15(11-21)9-19(22)25-20-4-3-17-18(24-20)10-16(12-23-17)27-7-5-26(13-28)6-8-27/h3-4,9-14,21,23-24H,5-8H2,1-2H3,(H2,22,25). The first-order valence-corrected chi connectivity index (χ1v) is 9.38. The van der Waals surface area contributed by atoms with Crippen molar-refractivity contribution in [1.82, 2.24) is 20.4 Å². The Morgan fingerprint density at radius 2 is 2.00 bits per heavy atom.